The first-order valence-electron chi connectivity index (χ1n) is 25.4. The number of quaternary nitrogens is 2. The van der Waals surface area contributed by atoms with Crippen LogP contribution in [0.2, 0.25) is 20.1 Å². The fourth-order valence-corrected chi connectivity index (χ4v) is 12.9. The number of rotatable bonds is 31. The first kappa shape index (κ1) is 65.4. The van der Waals surface area contributed by atoms with Crippen molar-refractivity contribution in [2.24, 2.45) is 0 Å². The third-order valence-electron chi connectivity index (χ3n) is 13.1. The van der Waals surface area contributed by atoms with Crippen LogP contribution in [0.1, 0.15) is 97.6 Å². The van der Waals surface area contributed by atoms with Gasteiger partial charge in [0, 0.05) is 66.9 Å². The Balaban J connectivity index is 0.00000624. The van der Waals surface area contributed by atoms with E-state index in [-0.39, 0.29) is 78.8 Å². The van der Waals surface area contributed by atoms with Crippen LogP contribution in [0.5, 0.6) is 0 Å². The summed E-state index contributed by atoms with van der Waals surface area (Å²) >= 11 is 25.8. The second-order valence-electron chi connectivity index (χ2n) is 19.0. The number of Topliss-reactive ketones (excluding diaryl/α,β-unsaturated/α-hetero) is 1. The normalized spacial score (nSPS) is 17.2. The standard InChI is InChI=1S/C53H69Cl4N5O10S2.CH4.ClH/c1-61-34-47(45-30-40(54)32-51(56)49(45)36-61)38-10-6-14-43(28-38)73(65,66)27-9-20-70-24-25-71-21-17-59-53(64)58-16-5-3-4-12-42(63)13-8-19-69-23-26-72-22-18-60-74(67,68)44-15-7-11-39(29-44)48-35-62(2)37-50-46(48)31-41(55)33-52(50)57;;/h6-7,10-11,14-15,28-33,47-48,60H,3-5,8-9,12-13,16-27,34-37H2,1-2H3,(H2,58,59,64);1H4;1H/p+1/t47-,48-;;/m0../s1. The Morgan fingerprint density at radius 1 is 0.579 bits per heavy atom. The van der Waals surface area contributed by atoms with Gasteiger partial charge in [0.1, 0.15) is 18.9 Å². The first-order valence-corrected chi connectivity index (χ1v) is 30.0. The quantitative estimate of drug-likeness (QED) is 0.0467. The van der Waals surface area contributed by atoms with Crippen LogP contribution in [-0.4, -0.2) is 134 Å². The molecule has 6 rings (SSSR count). The van der Waals surface area contributed by atoms with Crippen LogP contribution in [-0.2, 0) is 56.7 Å². The van der Waals surface area contributed by atoms with Gasteiger partial charge in [-0.1, -0.05) is 84.5 Å². The van der Waals surface area contributed by atoms with Gasteiger partial charge in [-0.15, -0.1) is 0 Å². The summed E-state index contributed by atoms with van der Waals surface area (Å²) in [4.78, 5) is 27.5. The van der Waals surface area contributed by atoms with Gasteiger partial charge in [-0.2, -0.15) is 0 Å². The van der Waals surface area contributed by atoms with Crippen molar-refractivity contribution in [1.82, 2.24) is 15.4 Å². The van der Waals surface area contributed by atoms with Crippen molar-refractivity contribution in [1.29, 1.82) is 0 Å². The van der Waals surface area contributed by atoms with E-state index in [1.807, 2.05) is 24.3 Å². The summed E-state index contributed by atoms with van der Waals surface area (Å²) in [6.45, 7) is 6.47. The maximum absolute atomic E-state index is 13.3. The van der Waals surface area contributed by atoms with Crippen LogP contribution in [0.15, 0.2) is 82.6 Å². The van der Waals surface area contributed by atoms with Gasteiger partial charge < -0.3 is 51.8 Å². The molecule has 4 aromatic rings. The molecule has 0 aromatic heterocycles. The number of unbranched alkanes of at least 4 members (excludes halogenated alkanes) is 2. The molecular formula is C54H75Cl5N5O10S2+. The van der Waals surface area contributed by atoms with Gasteiger partial charge in [-0.3, -0.25) is 4.79 Å². The third-order valence-corrected chi connectivity index (χ3v) is 17.4. The van der Waals surface area contributed by atoms with Crippen LogP contribution in [0.25, 0.3) is 0 Å². The highest BCUT2D eigenvalue weighted by Crippen LogP contribution is 2.37. The van der Waals surface area contributed by atoms with Gasteiger partial charge in [-0.05, 0) is 96.5 Å². The van der Waals surface area contributed by atoms with Crippen LogP contribution >= 0.6 is 46.4 Å². The van der Waals surface area contributed by atoms with Crippen molar-refractivity contribution in [2.75, 3.05) is 105 Å². The Labute approximate surface area is 476 Å². The molecule has 2 heterocycles. The second-order valence-corrected chi connectivity index (χ2v) is 24.6. The number of nitrogens with one attached hydrogen (secondary N) is 5. The number of ketones is 1. The molecule has 15 nitrogen and oxygen atoms in total. The van der Waals surface area contributed by atoms with E-state index < -0.39 is 19.9 Å². The van der Waals surface area contributed by atoms with Crippen molar-refractivity contribution < 1.29 is 67.6 Å². The fraction of sp³-hybridized carbons (Fsp3) is 0.519. The Morgan fingerprint density at radius 2 is 1.07 bits per heavy atom. The number of benzene rings is 4. The summed E-state index contributed by atoms with van der Waals surface area (Å²) in [7, 11) is -3.11. The van der Waals surface area contributed by atoms with Gasteiger partial charge in [0.25, 0.3) is 0 Å². The molecule has 2 aliphatic rings. The molecule has 0 aliphatic carbocycles. The number of carbonyl (C=O) groups is 2. The van der Waals surface area contributed by atoms with E-state index in [9.17, 15) is 26.4 Å². The monoisotopic (exact) mass is 1190 g/mol. The van der Waals surface area contributed by atoms with E-state index >= 15 is 0 Å². The van der Waals surface area contributed by atoms with Crippen LogP contribution in [0.3, 0.4) is 0 Å². The molecule has 2 amide bonds. The molecule has 0 saturated carbocycles. The summed E-state index contributed by atoms with van der Waals surface area (Å²) in [6, 6.07) is 21.2. The summed E-state index contributed by atoms with van der Waals surface area (Å²) in [6.07, 6.45) is 4.15. The molecule has 4 atom stereocenters. The Bertz CT molecular complexity index is 2540. The predicted molar refractivity (Wildman–Crippen MR) is 296 cm³/mol. The van der Waals surface area contributed by atoms with Gasteiger partial charge >= 0.3 is 6.03 Å². The van der Waals surface area contributed by atoms with Crippen molar-refractivity contribution in [3.05, 3.63) is 126 Å². The molecule has 0 saturated heterocycles. The van der Waals surface area contributed by atoms with Gasteiger partial charge in [-0.25, -0.2) is 26.4 Å². The van der Waals surface area contributed by atoms with Crippen LogP contribution in [0.4, 0.5) is 4.79 Å². The number of sulfonamides is 1. The van der Waals surface area contributed by atoms with Crippen molar-refractivity contribution >= 4 is 78.1 Å². The lowest BCUT2D eigenvalue weighted by atomic mass is 9.85. The highest BCUT2D eigenvalue weighted by molar-refractivity contribution is 7.91. The van der Waals surface area contributed by atoms with Gasteiger partial charge in [0.15, 0.2) is 9.84 Å². The van der Waals surface area contributed by atoms with Gasteiger partial charge in [0.05, 0.1) is 104 Å². The largest absolute Gasteiger partial charge is 1.00 e. The number of ether oxygens (including phenoxy) is 4. The molecule has 76 heavy (non-hydrogen) atoms. The van der Waals surface area contributed by atoms with Crippen molar-refractivity contribution in [3.63, 3.8) is 0 Å². The molecule has 5 N–H and O–H groups in total. The van der Waals surface area contributed by atoms with Crippen molar-refractivity contribution in [3.8, 4) is 0 Å². The number of carbonyl (C=O) groups excluding carboxylic acids is 2. The molecule has 2 unspecified atom stereocenters. The second kappa shape index (κ2) is 32.8. The molecule has 2 aliphatic heterocycles. The predicted octanol–water partition coefficient (Wildman–Crippen LogP) is 3.68. The molecule has 22 heteroatoms. The lowest BCUT2D eigenvalue weighted by Gasteiger charge is -2.31. The molecule has 0 fully saturated rings. The van der Waals surface area contributed by atoms with E-state index in [2.05, 4.69) is 29.5 Å². The number of urea groups is 1. The van der Waals surface area contributed by atoms with Crippen molar-refractivity contribution in [2.45, 2.75) is 87.1 Å². The molecule has 422 valence electrons. The molecule has 4 aromatic carbocycles. The number of fused-ring (bicyclic) bond motifs is 2. The molecule has 0 radical (unpaired) electrons. The lowest BCUT2D eigenvalue weighted by Crippen LogP contribution is -3.09. The summed E-state index contributed by atoms with van der Waals surface area (Å²) in [5.41, 5.74) is 5.94. The van der Waals surface area contributed by atoms with Crippen LogP contribution < -0.4 is 37.6 Å². The van der Waals surface area contributed by atoms with Crippen LogP contribution in [0, 0.1) is 0 Å². The average Bonchev–Trinajstić information content (AvgIpc) is 3.36. The minimum atomic E-state index is -3.77. The summed E-state index contributed by atoms with van der Waals surface area (Å²) in [5, 5.41) is 7.93. The maximum Gasteiger partial charge on any atom is 0.314 e. The minimum Gasteiger partial charge on any atom is -1.00 e. The zero-order valence-corrected chi connectivity index (χ0v) is 48.0. The third kappa shape index (κ3) is 20.5. The number of halogens is 5. The Hall–Kier alpha value is -3.11. The Kier molecular flexibility index (Phi) is 28.3. The minimum absolute atomic E-state index is 0. The number of likely N-dealkylation sites (N-methyl/N-ethyl adjacent to an activating group) is 2. The molecular weight excluding hydrogens is 1120 g/mol. The van der Waals surface area contributed by atoms with E-state index in [0.717, 1.165) is 78.8 Å². The summed E-state index contributed by atoms with van der Waals surface area (Å²) in [5.74, 6) is 0.0516. The first-order chi connectivity index (χ1) is 35.5. The van der Waals surface area contributed by atoms with E-state index in [1.54, 1.807) is 48.5 Å². The van der Waals surface area contributed by atoms with E-state index in [1.165, 1.54) is 9.80 Å². The number of hydrogen-bond acceptors (Lipinski definition) is 10. The number of hydrogen-bond donors (Lipinski definition) is 5. The Morgan fingerprint density at radius 3 is 1.64 bits per heavy atom. The lowest BCUT2D eigenvalue weighted by molar-refractivity contribution is -0.897. The highest BCUT2D eigenvalue weighted by Gasteiger charge is 2.32. The summed E-state index contributed by atoms with van der Waals surface area (Å²) < 4.78 is 77.7. The number of amides is 2. The average molecular weight is 1200 g/mol. The van der Waals surface area contributed by atoms with E-state index in [0.29, 0.717) is 98.5 Å². The molecule has 0 spiro atoms. The maximum atomic E-state index is 13.3. The van der Waals surface area contributed by atoms with Gasteiger partial charge in [0.2, 0.25) is 10.0 Å². The zero-order valence-electron chi connectivity index (χ0n) is 42.6. The fourth-order valence-electron chi connectivity index (χ4n) is 9.39. The smallest absolute Gasteiger partial charge is 0.314 e. The topological polar surface area (TPSA) is 184 Å². The number of sulfone groups is 1. The van der Waals surface area contributed by atoms with E-state index in [4.69, 9.17) is 65.4 Å². The zero-order chi connectivity index (χ0) is 53.1. The molecule has 0 bridgehead atoms. The SMILES string of the molecule is C.C[NH+]1Cc2c(Cl)cc(Cl)cc2[C@H](c2cccc(S(=O)(=O)CCCOCCOCCNC(=O)NCCCCCC(=O)CCCOCCOCCNS(=O)(=O)c3cccc([C@@H]4C[NH+](C)Cc5c(Cl)cc(Cl)cc54)c3)c2)C1.[Cl-]. The highest BCUT2D eigenvalue weighted by atomic mass is 35.5.